The number of fused-ring (bicyclic) bond motifs is 1. The summed E-state index contributed by atoms with van der Waals surface area (Å²) in [5.74, 6) is 0.169. The number of ether oxygens (including phenoxy) is 1. The molecule has 7 heteroatoms. The molecule has 1 amide bonds. The molecule has 0 saturated carbocycles. The van der Waals surface area contributed by atoms with E-state index in [2.05, 4.69) is 5.32 Å². The summed E-state index contributed by atoms with van der Waals surface area (Å²) < 4.78 is 21.6. The minimum absolute atomic E-state index is 0.248. The van der Waals surface area contributed by atoms with E-state index < -0.39 is 5.91 Å². The molecule has 0 fully saturated rings. The van der Waals surface area contributed by atoms with E-state index in [-0.39, 0.29) is 12.4 Å². The number of primary amides is 1. The first-order valence-corrected chi connectivity index (χ1v) is 10.4. The third-order valence-corrected chi connectivity index (χ3v) is 5.41. The predicted molar refractivity (Wildman–Crippen MR) is 124 cm³/mol. The molecule has 4 rings (SSSR count). The van der Waals surface area contributed by atoms with Crippen LogP contribution in [0.5, 0.6) is 5.75 Å². The maximum atomic E-state index is 14.2. The molecule has 2 aromatic carbocycles. The highest BCUT2D eigenvalue weighted by atomic mass is 19.1. The number of hydrogen-bond donors (Lipinski definition) is 2. The highest BCUT2D eigenvalue weighted by Gasteiger charge is 2.22. The SMILES string of the molecule is CCc1cccc(OCC(N)=O)c1-c1nc2ccc(F)cn2c1Nc1c(C)cccc1C. The molecule has 0 unspecified atom stereocenters. The van der Waals surface area contributed by atoms with Gasteiger partial charge in [0.05, 0.1) is 0 Å². The number of rotatable bonds is 7. The number of halogens is 1. The average Bonchev–Trinajstić information content (AvgIpc) is 3.11. The summed E-state index contributed by atoms with van der Waals surface area (Å²) in [7, 11) is 0. The van der Waals surface area contributed by atoms with Gasteiger partial charge in [0, 0.05) is 17.4 Å². The van der Waals surface area contributed by atoms with E-state index in [9.17, 15) is 9.18 Å². The van der Waals surface area contributed by atoms with Crippen molar-refractivity contribution in [3.8, 4) is 17.0 Å². The van der Waals surface area contributed by atoms with Crippen LogP contribution in [0.25, 0.3) is 16.9 Å². The number of hydrogen-bond acceptors (Lipinski definition) is 4. The Morgan fingerprint density at radius 3 is 2.53 bits per heavy atom. The quantitative estimate of drug-likeness (QED) is 0.434. The Balaban J connectivity index is 1.98. The van der Waals surface area contributed by atoms with Gasteiger partial charge in [-0.25, -0.2) is 9.37 Å². The molecular formula is C25H25FN4O2. The summed E-state index contributed by atoms with van der Waals surface area (Å²) in [4.78, 5) is 16.2. The van der Waals surface area contributed by atoms with Crippen LogP contribution < -0.4 is 15.8 Å². The normalized spacial score (nSPS) is 11.0. The van der Waals surface area contributed by atoms with Crippen molar-refractivity contribution in [1.82, 2.24) is 9.38 Å². The number of nitrogens with one attached hydrogen (secondary N) is 1. The molecule has 32 heavy (non-hydrogen) atoms. The molecule has 6 nitrogen and oxygen atoms in total. The molecule has 3 N–H and O–H groups in total. The number of carbonyl (C=O) groups excluding carboxylic acids is 1. The van der Waals surface area contributed by atoms with Crippen LogP contribution in [0.4, 0.5) is 15.9 Å². The van der Waals surface area contributed by atoms with Gasteiger partial charge < -0.3 is 15.8 Å². The van der Waals surface area contributed by atoms with Crippen molar-refractivity contribution >= 4 is 23.1 Å². The molecule has 0 bridgehead atoms. The first-order chi connectivity index (χ1) is 15.4. The van der Waals surface area contributed by atoms with Crippen molar-refractivity contribution < 1.29 is 13.9 Å². The number of aromatic nitrogens is 2. The number of anilines is 2. The van der Waals surface area contributed by atoms with Crippen molar-refractivity contribution in [2.45, 2.75) is 27.2 Å². The van der Waals surface area contributed by atoms with Crippen LogP contribution in [0.2, 0.25) is 0 Å². The Kier molecular flexibility index (Phi) is 5.81. The number of carbonyl (C=O) groups is 1. The topological polar surface area (TPSA) is 81.7 Å². The van der Waals surface area contributed by atoms with Crippen LogP contribution in [-0.2, 0) is 11.2 Å². The third-order valence-electron chi connectivity index (χ3n) is 5.41. The first-order valence-electron chi connectivity index (χ1n) is 10.4. The lowest BCUT2D eigenvalue weighted by atomic mass is 10.0. The zero-order valence-corrected chi connectivity index (χ0v) is 18.3. The van der Waals surface area contributed by atoms with Gasteiger partial charge in [0.2, 0.25) is 0 Å². The van der Waals surface area contributed by atoms with Crippen molar-refractivity contribution in [1.29, 1.82) is 0 Å². The van der Waals surface area contributed by atoms with Crippen LogP contribution in [0.1, 0.15) is 23.6 Å². The van der Waals surface area contributed by atoms with E-state index in [1.165, 1.54) is 12.3 Å². The van der Waals surface area contributed by atoms with Crippen LogP contribution in [0, 0.1) is 19.7 Å². The molecule has 4 aromatic rings. The second kappa shape index (κ2) is 8.70. The van der Waals surface area contributed by atoms with Gasteiger partial charge in [-0.1, -0.05) is 37.3 Å². The predicted octanol–water partition coefficient (Wildman–Crippen LogP) is 4.93. The van der Waals surface area contributed by atoms with E-state index in [1.807, 2.05) is 51.1 Å². The highest BCUT2D eigenvalue weighted by Crippen LogP contribution is 2.40. The number of pyridine rings is 1. The lowest BCUT2D eigenvalue weighted by Crippen LogP contribution is -2.20. The van der Waals surface area contributed by atoms with Gasteiger partial charge in [-0.3, -0.25) is 9.20 Å². The van der Waals surface area contributed by atoms with Crippen LogP contribution in [-0.4, -0.2) is 21.9 Å². The van der Waals surface area contributed by atoms with Crippen LogP contribution in [0.3, 0.4) is 0 Å². The van der Waals surface area contributed by atoms with Gasteiger partial charge in [-0.2, -0.15) is 0 Å². The summed E-state index contributed by atoms with van der Waals surface area (Å²) in [6.07, 6.45) is 2.12. The molecular weight excluding hydrogens is 407 g/mol. The Hall–Kier alpha value is -3.87. The summed E-state index contributed by atoms with van der Waals surface area (Å²) in [5, 5.41) is 3.49. The number of benzene rings is 2. The molecule has 0 aliphatic rings. The van der Waals surface area contributed by atoms with Gasteiger partial charge >= 0.3 is 0 Å². The van der Waals surface area contributed by atoms with Crippen LogP contribution in [0.15, 0.2) is 54.7 Å². The van der Waals surface area contributed by atoms with E-state index in [0.717, 1.165) is 27.9 Å². The van der Waals surface area contributed by atoms with E-state index in [4.69, 9.17) is 15.5 Å². The fourth-order valence-corrected chi connectivity index (χ4v) is 3.85. The average molecular weight is 432 g/mol. The molecule has 0 radical (unpaired) electrons. The Labute approximate surface area is 185 Å². The first kappa shape index (κ1) is 21.4. The molecule has 0 atom stereocenters. The Bertz CT molecular complexity index is 1290. The summed E-state index contributed by atoms with van der Waals surface area (Å²) in [6.45, 7) is 5.81. The lowest BCUT2D eigenvalue weighted by molar-refractivity contribution is -0.119. The molecule has 0 aliphatic heterocycles. The molecule has 2 heterocycles. The Morgan fingerprint density at radius 1 is 1.12 bits per heavy atom. The number of amides is 1. The minimum Gasteiger partial charge on any atom is -0.483 e. The standard InChI is InChI=1S/C25H25FN4O2/c1-4-17-9-6-10-19(32-14-20(27)31)22(17)24-25(29-23-15(2)7-5-8-16(23)3)30-13-18(26)11-12-21(30)28-24/h5-13,29H,4,14H2,1-3H3,(H2,27,31). The largest absolute Gasteiger partial charge is 0.483 e. The number of para-hydroxylation sites is 1. The maximum Gasteiger partial charge on any atom is 0.255 e. The summed E-state index contributed by atoms with van der Waals surface area (Å²) >= 11 is 0. The van der Waals surface area contributed by atoms with Gasteiger partial charge in [0.15, 0.2) is 6.61 Å². The molecule has 0 aliphatic carbocycles. The summed E-state index contributed by atoms with van der Waals surface area (Å²) in [5.41, 5.74) is 11.3. The number of imidazole rings is 1. The smallest absolute Gasteiger partial charge is 0.255 e. The zero-order chi connectivity index (χ0) is 22.8. The van der Waals surface area contributed by atoms with E-state index in [1.54, 1.807) is 16.5 Å². The number of aryl methyl sites for hydroxylation is 3. The van der Waals surface area contributed by atoms with Gasteiger partial charge in [-0.05, 0) is 55.2 Å². The molecule has 2 aromatic heterocycles. The lowest BCUT2D eigenvalue weighted by Gasteiger charge is -2.17. The highest BCUT2D eigenvalue weighted by molar-refractivity contribution is 5.86. The van der Waals surface area contributed by atoms with E-state index >= 15 is 0 Å². The summed E-state index contributed by atoms with van der Waals surface area (Å²) in [6, 6.07) is 14.7. The van der Waals surface area contributed by atoms with Crippen molar-refractivity contribution in [2.75, 3.05) is 11.9 Å². The van der Waals surface area contributed by atoms with Gasteiger partial charge in [-0.15, -0.1) is 0 Å². The monoisotopic (exact) mass is 432 g/mol. The van der Waals surface area contributed by atoms with Crippen LogP contribution >= 0.6 is 0 Å². The second-order valence-corrected chi connectivity index (χ2v) is 7.68. The third kappa shape index (κ3) is 4.01. The molecule has 0 saturated heterocycles. The van der Waals surface area contributed by atoms with Crippen molar-refractivity contribution in [3.05, 3.63) is 77.2 Å². The van der Waals surface area contributed by atoms with Gasteiger partial charge in [0.25, 0.3) is 5.91 Å². The molecule has 0 spiro atoms. The van der Waals surface area contributed by atoms with Gasteiger partial charge in [0.1, 0.15) is 28.7 Å². The molecule has 164 valence electrons. The fraction of sp³-hybridized carbons (Fsp3) is 0.200. The zero-order valence-electron chi connectivity index (χ0n) is 18.3. The van der Waals surface area contributed by atoms with E-state index in [0.29, 0.717) is 29.3 Å². The maximum absolute atomic E-state index is 14.2. The second-order valence-electron chi connectivity index (χ2n) is 7.68. The fourth-order valence-electron chi connectivity index (χ4n) is 3.85. The van der Waals surface area contributed by atoms with Crippen molar-refractivity contribution in [2.24, 2.45) is 5.73 Å². The Morgan fingerprint density at radius 2 is 1.84 bits per heavy atom. The number of nitrogens with two attached hydrogens (primary N) is 1. The minimum atomic E-state index is -0.566. The van der Waals surface area contributed by atoms with Crippen molar-refractivity contribution in [3.63, 3.8) is 0 Å². The number of nitrogens with zero attached hydrogens (tertiary/aromatic N) is 2.